The van der Waals surface area contributed by atoms with Crippen molar-refractivity contribution in [2.24, 2.45) is 7.05 Å². The van der Waals surface area contributed by atoms with Crippen molar-refractivity contribution < 1.29 is 4.79 Å². The summed E-state index contributed by atoms with van der Waals surface area (Å²) in [6.45, 7) is 8.02. The van der Waals surface area contributed by atoms with Crippen LogP contribution in [-0.4, -0.2) is 41.5 Å². The Morgan fingerprint density at radius 1 is 1.04 bits per heavy atom. The highest BCUT2D eigenvalue weighted by Crippen LogP contribution is 2.34. The third-order valence-corrected chi connectivity index (χ3v) is 8.63. The fraction of sp³-hybridized carbons (Fsp3) is 0.200. The van der Waals surface area contributed by atoms with Crippen LogP contribution in [0.25, 0.3) is 44.8 Å². The molecule has 0 fully saturated rings. The fourth-order valence-corrected chi connectivity index (χ4v) is 6.02. The molecular formula is C35H30N8O2. The molecule has 1 amide bonds. The number of nitriles is 1. The zero-order chi connectivity index (χ0) is 31.5. The number of amides is 1. The maximum absolute atomic E-state index is 13.6. The number of nitrogens with one attached hydrogen (secondary N) is 1. The van der Waals surface area contributed by atoms with Crippen molar-refractivity contribution in [3.05, 3.63) is 107 Å². The maximum Gasteiger partial charge on any atom is 0.333 e. The number of anilines is 1. The van der Waals surface area contributed by atoms with Crippen molar-refractivity contribution in [2.45, 2.75) is 32.1 Å². The molecule has 5 heterocycles. The molecule has 0 atom stereocenters. The lowest BCUT2D eigenvalue weighted by Gasteiger charge is -2.28. The van der Waals surface area contributed by atoms with Crippen LogP contribution in [0.5, 0.6) is 0 Å². The van der Waals surface area contributed by atoms with Gasteiger partial charge in [0.15, 0.2) is 0 Å². The summed E-state index contributed by atoms with van der Waals surface area (Å²) in [4.78, 5) is 45.2. The van der Waals surface area contributed by atoms with Crippen LogP contribution in [0, 0.1) is 11.3 Å². The molecule has 222 valence electrons. The van der Waals surface area contributed by atoms with E-state index in [0.717, 1.165) is 51.5 Å². The van der Waals surface area contributed by atoms with Gasteiger partial charge in [0.2, 0.25) is 0 Å². The summed E-state index contributed by atoms with van der Waals surface area (Å²) in [5.74, 6) is 1.01. The Kier molecular flexibility index (Phi) is 6.48. The average Bonchev–Trinajstić information content (AvgIpc) is 3.66. The van der Waals surface area contributed by atoms with E-state index in [0.29, 0.717) is 35.1 Å². The lowest BCUT2D eigenvalue weighted by Crippen LogP contribution is -2.36. The second kappa shape index (κ2) is 10.4. The molecule has 1 N–H and O–H groups in total. The Labute approximate surface area is 258 Å². The number of nitrogens with zero attached hydrogens (tertiary/aromatic N) is 7. The molecule has 7 rings (SSSR count). The topological polar surface area (TPSA) is 125 Å². The molecule has 0 saturated carbocycles. The largest absolute Gasteiger partial charge is 0.334 e. The SMILES string of the molecule is C=Cc1ncc(C(=O)N2CCCc3cc(-c4ccc5ncc6c(c5c4)n(-c4ccc(C(C)(C)C#N)cc4)c(=O)n6C)cnc32)[nH]1. The summed E-state index contributed by atoms with van der Waals surface area (Å²) in [6.07, 6.45) is 8.23. The van der Waals surface area contributed by atoms with Gasteiger partial charge in [-0.3, -0.25) is 23.8 Å². The number of hydrogen-bond donors (Lipinski definition) is 1. The Morgan fingerprint density at radius 2 is 1.84 bits per heavy atom. The highest BCUT2D eigenvalue weighted by Gasteiger charge is 2.27. The number of H-pyrrole nitrogens is 1. The number of benzene rings is 2. The average molecular weight is 595 g/mol. The first-order valence-electron chi connectivity index (χ1n) is 14.7. The van der Waals surface area contributed by atoms with Crippen LogP contribution >= 0.6 is 0 Å². The quantitative estimate of drug-likeness (QED) is 0.273. The van der Waals surface area contributed by atoms with Crippen molar-refractivity contribution in [2.75, 3.05) is 11.4 Å². The minimum atomic E-state index is -0.644. The van der Waals surface area contributed by atoms with Gasteiger partial charge >= 0.3 is 5.69 Å². The van der Waals surface area contributed by atoms with Gasteiger partial charge in [0.25, 0.3) is 5.91 Å². The van der Waals surface area contributed by atoms with E-state index in [1.165, 1.54) is 6.20 Å². The van der Waals surface area contributed by atoms with Crippen LogP contribution in [0.2, 0.25) is 0 Å². The van der Waals surface area contributed by atoms with Crippen molar-refractivity contribution in [3.63, 3.8) is 0 Å². The fourth-order valence-electron chi connectivity index (χ4n) is 6.02. The van der Waals surface area contributed by atoms with E-state index in [4.69, 9.17) is 4.98 Å². The van der Waals surface area contributed by atoms with Crippen molar-refractivity contribution >= 4 is 39.7 Å². The number of imidazole rings is 2. The molecule has 4 aromatic heterocycles. The Balaban J connectivity index is 1.32. The molecule has 0 aliphatic carbocycles. The van der Waals surface area contributed by atoms with Gasteiger partial charge in [-0.1, -0.05) is 24.8 Å². The zero-order valence-electron chi connectivity index (χ0n) is 25.2. The zero-order valence-corrected chi connectivity index (χ0v) is 25.2. The first kappa shape index (κ1) is 28.0. The van der Waals surface area contributed by atoms with Gasteiger partial charge in [-0.2, -0.15) is 5.26 Å². The van der Waals surface area contributed by atoms with E-state index >= 15 is 0 Å². The van der Waals surface area contributed by atoms with E-state index in [-0.39, 0.29) is 11.6 Å². The van der Waals surface area contributed by atoms with Gasteiger partial charge in [-0.15, -0.1) is 0 Å². The molecule has 1 aliphatic rings. The van der Waals surface area contributed by atoms with Crippen molar-refractivity contribution in [1.29, 1.82) is 5.26 Å². The number of aromatic amines is 1. The number of aryl methyl sites for hydroxylation is 2. The number of hydrogen-bond acceptors (Lipinski definition) is 6. The molecule has 0 spiro atoms. The van der Waals surface area contributed by atoms with Gasteiger partial charge < -0.3 is 4.98 Å². The number of carbonyl (C=O) groups excluding carboxylic acids is 1. The van der Waals surface area contributed by atoms with E-state index in [9.17, 15) is 14.9 Å². The number of pyridine rings is 2. The normalized spacial score (nSPS) is 13.2. The molecule has 6 aromatic rings. The Bertz CT molecular complexity index is 2260. The summed E-state index contributed by atoms with van der Waals surface area (Å²) < 4.78 is 3.30. The molecule has 1 aliphatic heterocycles. The van der Waals surface area contributed by atoms with Gasteiger partial charge in [0.05, 0.1) is 46.1 Å². The smallest absolute Gasteiger partial charge is 0.333 e. The number of carbonyl (C=O) groups is 1. The second-order valence-electron chi connectivity index (χ2n) is 11.8. The minimum absolute atomic E-state index is 0.178. The molecule has 0 saturated heterocycles. The lowest BCUT2D eigenvalue weighted by atomic mass is 9.86. The monoisotopic (exact) mass is 594 g/mol. The third kappa shape index (κ3) is 4.52. The first-order valence-corrected chi connectivity index (χ1v) is 14.7. The molecule has 45 heavy (non-hydrogen) atoms. The molecule has 0 unspecified atom stereocenters. The molecule has 10 heteroatoms. The van der Waals surface area contributed by atoms with Crippen LogP contribution < -0.4 is 10.6 Å². The van der Waals surface area contributed by atoms with E-state index in [2.05, 4.69) is 33.7 Å². The van der Waals surface area contributed by atoms with Crippen LogP contribution in [0.1, 0.15) is 47.7 Å². The molecule has 2 aromatic carbocycles. The summed E-state index contributed by atoms with van der Waals surface area (Å²) in [7, 11) is 1.74. The minimum Gasteiger partial charge on any atom is -0.334 e. The molecule has 0 bridgehead atoms. The van der Waals surface area contributed by atoms with Gasteiger partial charge in [0, 0.05) is 30.7 Å². The predicted octanol–water partition coefficient (Wildman–Crippen LogP) is 5.70. The van der Waals surface area contributed by atoms with E-state index < -0.39 is 5.41 Å². The van der Waals surface area contributed by atoms with Gasteiger partial charge in [0.1, 0.15) is 17.3 Å². The van der Waals surface area contributed by atoms with Gasteiger partial charge in [-0.05, 0) is 79.8 Å². The van der Waals surface area contributed by atoms with E-state index in [1.807, 2.05) is 56.3 Å². The summed E-state index contributed by atoms with van der Waals surface area (Å²) in [5.41, 5.74) is 6.19. The summed E-state index contributed by atoms with van der Waals surface area (Å²) in [6, 6.07) is 18.0. The Hall–Kier alpha value is -5.82. The van der Waals surface area contributed by atoms with Crippen LogP contribution in [-0.2, 0) is 18.9 Å². The van der Waals surface area contributed by atoms with Gasteiger partial charge in [-0.25, -0.2) is 14.8 Å². The third-order valence-electron chi connectivity index (χ3n) is 8.63. The summed E-state index contributed by atoms with van der Waals surface area (Å²) >= 11 is 0. The lowest BCUT2D eigenvalue weighted by molar-refractivity contribution is 0.0980. The van der Waals surface area contributed by atoms with E-state index in [1.54, 1.807) is 39.6 Å². The number of fused-ring (bicyclic) bond motifs is 4. The molecular weight excluding hydrogens is 564 g/mol. The summed E-state index contributed by atoms with van der Waals surface area (Å²) in [5, 5.41) is 10.4. The maximum atomic E-state index is 13.6. The number of rotatable bonds is 5. The van der Waals surface area contributed by atoms with Crippen LogP contribution in [0.15, 0.2) is 78.5 Å². The predicted molar refractivity (Wildman–Crippen MR) is 174 cm³/mol. The highest BCUT2D eigenvalue weighted by molar-refractivity contribution is 6.06. The second-order valence-corrected chi connectivity index (χ2v) is 11.8. The van der Waals surface area contributed by atoms with Crippen LogP contribution in [0.4, 0.5) is 5.82 Å². The first-order chi connectivity index (χ1) is 21.7. The van der Waals surface area contributed by atoms with Crippen molar-refractivity contribution in [1.82, 2.24) is 29.1 Å². The number of aromatic nitrogens is 6. The molecule has 10 nitrogen and oxygen atoms in total. The van der Waals surface area contributed by atoms with Crippen LogP contribution in [0.3, 0.4) is 0 Å². The highest BCUT2D eigenvalue weighted by atomic mass is 16.2. The van der Waals surface area contributed by atoms with Crippen molar-refractivity contribution in [3.8, 4) is 22.9 Å². The molecule has 0 radical (unpaired) electrons. The standard InChI is InChI=1S/C35H30N8O2/c1-5-30-38-18-28(40-30)33(44)42-14-6-7-22-15-23(17-39-32(22)42)21-8-13-27-26(16-21)31-29(19-37-27)41(4)34(45)43(31)25-11-9-24(10-12-25)35(2,3)20-36/h5,8-13,15-19H,1,6-7,14H2,2-4H3,(H,38,40). The Morgan fingerprint density at radius 3 is 2.58 bits per heavy atom.